The highest BCUT2D eigenvalue weighted by Crippen LogP contribution is 2.30. The number of nitriles is 1. The molecule has 0 radical (unpaired) electrons. The van der Waals surface area contributed by atoms with Gasteiger partial charge in [0.05, 0.1) is 28.5 Å². The zero-order chi connectivity index (χ0) is 28.6. The van der Waals surface area contributed by atoms with Crippen molar-refractivity contribution in [3.8, 4) is 6.07 Å². The molecular weight excluding hydrogens is 504 g/mol. The van der Waals surface area contributed by atoms with E-state index in [0.29, 0.717) is 60.6 Å². The quantitative estimate of drug-likeness (QED) is 0.217. The third-order valence-corrected chi connectivity index (χ3v) is 7.61. The predicted molar refractivity (Wildman–Crippen MR) is 155 cm³/mol. The third kappa shape index (κ3) is 5.25. The average Bonchev–Trinajstić information content (AvgIpc) is 3.30. The van der Waals surface area contributed by atoms with Crippen molar-refractivity contribution < 1.29 is 14.7 Å². The molecule has 9 nitrogen and oxygen atoms in total. The minimum absolute atomic E-state index is 0.0280. The van der Waals surface area contributed by atoms with Crippen molar-refractivity contribution in [2.24, 2.45) is 5.92 Å². The number of anilines is 1. The highest BCUT2D eigenvalue weighted by Gasteiger charge is 2.26. The van der Waals surface area contributed by atoms with Crippen LogP contribution >= 0.6 is 0 Å². The second kappa shape index (κ2) is 10.8. The van der Waals surface area contributed by atoms with Crippen molar-refractivity contribution in [2.75, 3.05) is 18.4 Å². The molecule has 204 valence electrons. The van der Waals surface area contributed by atoms with Gasteiger partial charge in [0.15, 0.2) is 0 Å². The molecule has 1 aliphatic rings. The van der Waals surface area contributed by atoms with Crippen molar-refractivity contribution in [3.05, 3.63) is 71.0 Å². The first kappa shape index (κ1) is 26.9. The summed E-state index contributed by atoms with van der Waals surface area (Å²) in [5, 5.41) is 32.1. The molecule has 0 unspecified atom stereocenters. The van der Waals surface area contributed by atoms with E-state index in [-0.39, 0.29) is 23.3 Å². The minimum atomic E-state index is -1.11. The van der Waals surface area contributed by atoms with E-state index in [1.165, 1.54) is 6.07 Å². The maximum Gasteiger partial charge on any atom is 0.338 e. The maximum atomic E-state index is 13.2. The third-order valence-electron chi connectivity index (χ3n) is 7.61. The summed E-state index contributed by atoms with van der Waals surface area (Å²) < 4.78 is 2.02. The first-order valence-electron chi connectivity index (χ1n) is 13.5. The summed E-state index contributed by atoms with van der Waals surface area (Å²) in [4.78, 5) is 32.2. The molecule has 0 bridgehead atoms. The van der Waals surface area contributed by atoms with E-state index in [1.54, 1.807) is 13.0 Å². The summed E-state index contributed by atoms with van der Waals surface area (Å²) in [7, 11) is 0. The van der Waals surface area contributed by atoms with Gasteiger partial charge in [-0.1, -0.05) is 32.0 Å². The SMILES string of the molecule is CC(=N)N1CCC(C(=O)Nc2cc(C(=O)O)c3nc(C(C)C)n(Cc4ccc5ccc(C#N)cc5c4)c3c2)CC1. The van der Waals surface area contributed by atoms with Gasteiger partial charge in [0.2, 0.25) is 5.91 Å². The molecule has 5 rings (SSSR count). The zero-order valence-corrected chi connectivity index (χ0v) is 22.9. The standard InChI is InChI=1S/C31H32N6O3/c1-18(2)29-35-28-26(31(39)40)14-25(34-30(38)23-8-10-36(11-9-23)19(3)33)15-27(28)37(29)17-21-5-7-22-6-4-20(16-32)12-24(22)13-21/h4-7,12-15,18,23,33H,8-11,17H2,1-3H3,(H,34,38)(H,39,40). The van der Waals surface area contributed by atoms with Crippen molar-refractivity contribution in [1.82, 2.24) is 14.5 Å². The van der Waals surface area contributed by atoms with Crippen LogP contribution in [0.4, 0.5) is 5.69 Å². The number of hydrogen-bond donors (Lipinski definition) is 3. The lowest BCUT2D eigenvalue weighted by Crippen LogP contribution is -2.40. The summed E-state index contributed by atoms with van der Waals surface area (Å²) in [6.07, 6.45) is 1.28. The Morgan fingerprint density at radius 3 is 2.50 bits per heavy atom. The van der Waals surface area contributed by atoms with Crippen molar-refractivity contribution >= 4 is 45.2 Å². The van der Waals surface area contributed by atoms with Crippen LogP contribution in [0.2, 0.25) is 0 Å². The lowest BCUT2D eigenvalue weighted by Gasteiger charge is -2.32. The number of imidazole rings is 1. The Morgan fingerprint density at radius 2 is 1.85 bits per heavy atom. The van der Waals surface area contributed by atoms with Crippen LogP contribution in [0.1, 0.15) is 66.8 Å². The van der Waals surface area contributed by atoms with Crippen LogP contribution in [0.3, 0.4) is 0 Å². The second-order valence-corrected chi connectivity index (χ2v) is 10.8. The molecule has 1 aliphatic heterocycles. The van der Waals surface area contributed by atoms with Gasteiger partial charge in [0.1, 0.15) is 11.3 Å². The number of amides is 1. The Hall–Kier alpha value is -4.71. The molecule has 0 spiro atoms. The number of rotatable bonds is 6. The van der Waals surface area contributed by atoms with Gasteiger partial charge in [-0.2, -0.15) is 5.26 Å². The van der Waals surface area contributed by atoms with E-state index in [0.717, 1.165) is 22.2 Å². The smallest absolute Gasteiger partial charge is 0.338 e. The normalized spacial score (nSPS) is 14.0. The number of fused-ring (bicyclic) bond motifs is 2. The van der Waals surface area contributed by atoms with Crippen LogP contribution in [0.15, 0.2) is 48.5 Å². The fraction of sp³-hybridized carbons (Fsp3) is 0.323. The topological polar surface area (TPSA) is 135 Å². The molecule has 0 atom stereocenters. The van der Waals surface area contributed by atoms with Gasteiger partial charge in [0, 0.05) is 37.2 Å². The summed E-state index contributed by atoms with van der Waals surface area (Å²) in [6.45, 7) is 7.54. The molecule has 40 heavy (non-hydrogen) atoms. The van der Waals surface area contributed by atoms with Crippen LogP contribution in [0, 0.1) is 22.7 Å². The Labute approximate surface area is 232 Å². The average molecular weight is 537 g/mol. The number of carbonyl (C=O) groups excluding carboxylic acids is 1. The number of aromatic nitrogens is 2. The van der Waals surface area contributed by atoms with Crippen molar-refractivity contribution in [3.63, 3.8) is 0 Å². The van der Waals surface area contributed by atoms with Gasteiger partial charge < -0.3 is 19.9 Å². The molecule has 0 aliphatic carbocycles. The summed E-state index contributed by atoms with van der Waals surface area (Å²) in [6, 6.07) is 17.1. The number of carboxylic acid groups (broad SMARTS) is 1. The number of nitrogens with one attached hydrogen (secondary N) is 2. The van der Waals surface area contributed by atoms with Gasteiger partial charge in [-0.25, -0.2) is 9.78 Å². The van der Waals surface area contributed by atoms with Crippen molar-refractivity contribution in [1.29, 1.82) is 10.7 Å². The van der Waals surface area contributed by atoms with E-state index >= 15 is 0 Å². The lowest BCUT2D eigenvalue weighted by atomic mass is 9.95. The zero-order valence-electron chi connectivity index (χ0n) is 22.9. The Balaban J connectivity index is 1.52. The van der Waals surface area contributed by atoms with Crippen LogP contribution in [-0.4, -0.2) is 50.4 Å². The molecule has 1 saturated heterocycles. The molecule has 1 fully saturated rings. The largest absolute Gasteiger partial charge is 0.478 e. The van der Waals surface area contributed by atoms with E-state index in [4.69, 9.17) is 10.4 Å². The molecule has 1 amide bonds. The van der Waals surface area contributed by atoms with Crippen LogP contribution in [-0.2, 0) is 11.3 Å². The second-order valence-electron chi connectivity index (χ2n) is 10.8. The van der Waals surface area contributed by atoms with Crippen LogP contribution < -0.4 is 5.32 Å². The number of nitrogens with zero attached hydrogens (tertiary/aromatic N) is 4. The van der Waals surface area contributed by atoms with Gasteiger partial charge in [0.25, 0.3) is 0 Å². The Bertz CT molecular complexity index is 1690. The number of benzene rings is 3. The molecule has 4 aromatic rings. The number of likely N-dealkylation sites (tertiary alicyclic amines) is 1. The molecular formula is C31H32N6O3. The van der Waals surface area contributed by atoms with E-state index in [2.05, 4.69) is 11.4 Å². The lowest BCUT2D eigenvalue weighted by molar-refractivity contribution is -0.121. The first-order chi connectivity index (χ1) is 19.1. The van der Waals surface area contributed by atoms with E-state index in [1.807, 2.05) is 59.7 Å². The Kier molecular flexibility index (Phi) is 7.26. The first-order valence-corrected chi connectivity index (χ1v) is 13.5. The fourth-order valence-corrected chi connectivity index (χ4v) is 5.45. The van der Waals surface area contributed by atoms with Gasteiger partial charge in [-0.15, -0.1) is 0 Å². The summed E-state index contributed by atoms with van der Waals surface area (Å²) >= 11 is 0. The number of carboxylic acids is 1. The number of amidine groups is 1. The number of carbonyl (C=O) groups is 2. The number of aromatic carboxylic acids is 1. The molecule has 3 aromatic carbocycles. The minimum Gasteiger partial charge on any atom is -0.478 e. The highest BCUT2D eigenvalue weighted by atomic mass is 16.4. The number of hydrogen-bond acceptors (Lipinski definition) is 5. The molecule has 3 N–H and O–H groups in total. The summed E-state index contributed by atoms with van der Waals surface area (Å²) in [5.74, 6) is -0.170. The molecule has 1 aromatic heterocycles. The van der Waals surface area contributed by atoms with E-state index < -0.39 is 5.97 Å². The molecule has 9 heteroatoms. The fourth-order valence-electron chi connectivity index (χ4n) is 5.45. The predicted octanol–water partition coefficient (Wildman–Crippen LogP) is 5.58. The van der Waals surface area contributed by atoms with Gasteiger partial charge >= 0.3 is 5.97 Å². The summed E-state index contributed by atoms with van der Waals surface area (Å²) in [5.41, 5.74) is 3.07. The van der Waals surface area contributed by atoms with Gasteiger partial charge in [-0.05, 0) is 66.4 Å². The number of piperidine rings is 1. The van der Waals surface area contributed by atoms with Gasteiger partial charge in [-0.3, -0.25) is 10.2 Å². The monoisotopic (exact) mass is 536 g/mol. The molecule has 0 saturated carbocycles. The Morgan fingerprint density at radius 1 is 1.12 bits per heavy atom. The van der Waals surface area contributed by atoms with Crippen molar-refractivity contribution in [2.45, 2.75) is 46.1 Å². The maximum absolute atomic E-state index is 13.2. The van der Waals surface area contributed by atoms with Crippen LogP contribution in [0.5, 0.6) is 0 Å². The molecule has 2 heterocycles. The van der Waals surface area contributed by atoms with Crippen LogP contribution in [0.25, 0.3) is 21.8 Å². The highest BCUT2D eigenvalue weighted by molar-refractivity contribution is 6.05. The van der Waals surface area contributed by atoms with E-state index in [9.17, 15) is 20.0 Å².